The van der Waals surface area contributed by atoms with Crippen molar-refractivity contribution in [3.05, 3.63) is 69.0 Å². The first-order valence-corrected chi connectivity index (χ1v) is 14.0. The van der Waals surface area contributed by atoms with Crippen LogP contribution in [0, 0.1) is 6.92 Å². The predicted molar refractivity (Wildman–Crippen MR) is 158 cm³/mol. The zero-order valence-corrected chi connectivity index (χ0v) is 23.6. The molecule has 38 heavy (non-hydrogen) atoms. The van der Waals surface area contributed by atoms with Gasteiger partial charge in [0.25, 0.3) is 11.5 Å². The second-order valence-electron chi connectivity index (χ2n) is 9.52. The highest BCUT2D eigenvalue weighted by atomic mass is 32.2. The van der Waals surface area contributed by atoms with Gasteiger partial charge in [-0.15, -0.1) is 0 Å². The Morgan fingerprint density at radius 3 is 2.45 bits per heavy atom. The second-order valence-corrected chi connectivity index (χ2v) is 11.2. The molecule has 1 amide bonds. The molecule has 2 aromatic heterocycles. The summed E-state index contributed by atoms with van der Waals surface area (Å²) in [6, 6.07) is 11.8. The summed E-state index contributed by atoms with van der Waals surface area (Å²) in [5.41, 5.74) is 2.88. The van der Waals surface area contributed by atoms with Crippen molar-refractivity contribution in [2.45, 2.75) is 33.2 Å². The fraction of sp³-hybridized carbons (Fsp3) is 0.357. The largest absolute Gasteiger partial charge is 0.497 e. The van der Waals surface area contributed by atoms with E-state index >= 15 is 0 Å². The molecule has 2 fully saturated rings. The van der Waals surface area contributed by atoms with Crippen LogP contribution in [-0.4, -0.2) is 63.8 Å². The van der Waals surface area contributed by atoms with E-state index < -0.39 is 0 Å². The molecule has 0 aliphatic carbocycles. The molecular formula is C28H31N5O3S2. The number of rotatable bonds is 6. The van der Waals surface area contributed by atoms with Gasteiger partial charge in [-0.1, -0.05) is 37.0 Å². The minimum absolute atomic E-state index is 0.00243. The van der Waals surface area contributed by atoms with Gasteiger partial charge < -0.3 is 14.5 Å². The summed E-state index contributed by atoms with van der Waals surface area (Å²) in [7, 11) is 1.66. The van der Waals surface area contributed by atoms with Crippen molar-refractivity contribution in [2.75, 3.05) is 43.1 Å². The van der Waals surface area contributed by atoms with Crippen LogP contribution in [0.4, 0.5) is 11.5 Å². The lowest BCUT2D eigenvalue weighted by Crippen LogP contribution is -2.47. The van der Waals surface area contributed by atoms with Crippen LogP contribution < -0.4 is 20.1 Å². The van der Waals surface area contributed by atoms with Crippen LogP contribution in [0.15, 0.2) is 52.3 Å². The fourth-order valence-corrected chi connectivity index (χ4v) is 6.25. The van der Waals surface area contributed by atoms with Crippen LogP contribution in [0.2, 0.25) is 0 Å². The van der Waals surface area contributed by atoms with Crippen LogP contribution in [0.25, 0.3) is 11.7 Å². The van der Waals surface area contributed by atoms with Crippen LogP contribution in [0.5, 0.6) is 5.75 Å². The smallest absolute Gasteiger partial charge is 0.267 e. The number of carbonyl (C=O) groups is 1. The lowest BCUT2D eigenvalue weighted by atomic mass is 10.1. The standard InChI is InChI=1S/C28H31N5O3S2/c1-5-19(3)33-27(35)23(38-28(33)37)17-22-25(29-24-18(2)7-6-12-32(24)26(22)34)31-15-13-30(14-16-31)20-8-10-21(36-4)11-9-20/h6-12,17,19H,5,13-16H2,1-4H3/b23-17+/t19-/m1/s1. The summed E-state index contributed by atoms with van der Waals surface area (Å²) in [4.78, 5) is 38.6. The van der Waals surface area contributed by atoms with Crippen molar-refractivity contribution in [3.63, 3.8) is 0 Å². The summed E-state index contributed by atoms with van der Waals surface area (Å²) < 4.78 is 7.37. The van der Waals surface area contributed by atoms with Crippen molar-refractivity contribution in [1.82, 2.24) is 14.3 Å². The number of fused-ring (bicyclic) bond motifs is 1. The maximum Gasteiger partial charge on any atom is 0.267 e. The third kappa shape index (κ3) is 4.78. The first-order chi connectivity index (χ1) is 18.3. The topological polar surface area (TPSA) is 70.4 Å². The Labute approximate surface area is 231 Å². The van der Waals surface area contributed by atoms with Crippen molar-refractivity contribution in [3.8, 4) is 5.75 Å². The molecule has 1 aromatic carbocycles. The quantitative estimate of drug-likeness (QED) is 0.332. The third-order valence-electron chi connectivity index (χ3n) is 7.21. The zero-order valence-electron chi connectivity index (χ0n) is 22.0. The van der Waals surface area contributed by atoms with E-state index in [9.17, 15) is 9.59 Å². The fourth-order valence-electron chi connectivity index (χ4n) is 4.81. The average Bonchev–Trinajstić information content (AvgIpc) is 3.22. The molecule has 0 bridgehead atoms. The Hall–Kier alpha value is -3.37. The van der Waals surface area contributed by atoms with Crippen LogP contribution in [-0.2, 0) is 4.79 Å². The number of hydrogen-bond acceptors (Lipinski definition) is 8. The highest BCUT2D eigenvalue weighted by Gasteiger charge is 2.35. The van der Waals surface area contributed by atoms with Crippen molar-refractivity contribution >= 4 is 57.4 Å². The number of ether oxygens (including phenoxy) is 1. The Bertz CT molecular complexity index is 1480. The van der Waals surface area contributed by atoms with Gasteiger partial charge in [-0.3, -0.25) is 18.9 Å². The number of amides is 1. The summed E-state index contributed by atoms with van der Waals surface area (Å²) in [6.45, 7) is 8.89. The molecule has 0 spiro atoms. The molecule has 0 unspecified atom stereocenters. The molecule has 0 radical (unpaired) electrons. The number of nitrogens with zero attached hydrogens (tertiary/aromatic N) is 5. The number of aryl methyl sites for hydroxylation is 1. The Kier molecular flexibility index (Phi) is 7.45. The summed E-state index contributed by atoms with van der Waals surface area (Å²) in [6.07, 6.45) is 4.21. The van der Waals surface area contributed by atoms with E-state index in [1.165, 1.54) is 11.8 Å². The normalized spacial score (nSPS) is 18.1. The van der Waals surface area contributed by atoms with E-state index in [4.69, 9.17) is 21.9 Å². The van der Waals surface area contributed by atoms with Gasteiger partial charge in [0.1, 0.15) is 21.5 Å². The Balaban J connectivity index is 1.52. The number of carbonyl (C=O) groups excluding carboxylic acids is 1. The lowest BCUT2D eigenvalue weighted by molar-refractivity contribution is -0.123. The summed E-state index contributed by atoms with van der Waals surface area (Å²) in [5.74, 6) is 1.28. The third-order valence-corrected chi connectivity index (χ3v) is 8.54. The minimum atomic E-state index is -0.194. The number of anilines is 2. The van der Waals surface area contributed by atoms with Gasteiger partial charge in [-0.2, -0.15) is 0 Å². The maximum atomic E-state index is 13.8. The van der Waals surface area contributed by atoms with Crippen molar-refractivity contribution in [2.24, 2.45) is 0 Å². The molecule has 5 rings (SSSR count). The van der Waals surface area contributed by atoms with Gasteiger partial charge in [-0.25, -0.2) is 4.98 Å². The Morgan fingerprint density at radius 2 is 1.79 bits per heavy atom. The minimum Gasteiger partial charge on any atom is -0.497 e. The van der Waals surface area contributed by atoms with Gasteiger partial charge in [0.05, 0.1) is 17.6 Å². The van der Waals surface area contributed by atoms with E-state index in [1.807, 2.05) is 45.0 Å². The highest BCUT2D eigenvalue weighted by molar-refractivity contribution is 8.26. The molecule has 2 aliphatic rings. The predicted octanol–water partition coefficient (Wildman–Crippen LogP) is 4.34. The molecule has 2 aliphatic heterocycles. The number of methoxy groups -OCH3 is 1. The van der Waals surface area contributed by atoms with E-state index in [0.29, 0.717) is 39.3 Å². The van der Waals surface area contributed by atoms with E-state index in [0.717, 1.165) is 36.5 Å². The van der Waals surface area contributed by atoms with E-state index in [2.05, 4.69) is 21.9 Å². The van der Waals surface area contributed by atoms with Gasteiger partial charge in [0, 0.05) is 44.1 Å². The number of thioether (sulfide) groups is 1. The number of thiocarbonyl (C=S) groups is 1. The van der Waals surface area contributed by atoms with Crippen LogP contribution in [0.3, 0.4) is 0 Å². The molecule has 8 nitrogen and oxygen atoms in total. The van der Waals surface area contributed by atoms with Gasteiger partial charge in [0.15, 0.2) is 0 Å². The maximum absolute atomic E-state index is 13.8. The molecule has 1 atom stereocenters. The van der Waals surface area contributed by atoms with Gasteiger partial charge >= 0.3 is 0 Å². The molecule has 0 saturated carbocycles. The Morgan fingerprint density at radius 1 is 1.11 bits per heavy atom. The number of piperazine rings is 1. The summed E-state index contributed by atoms with van der Waals surface area (Å²) in [5, 5.41) is 0. The first-order valence-electron chi connectivity index (χ1n) is 12.7. The van der Waals surface area contributed by atoms with E-state index in [1.54, 1.807) is 28.7 Å². The number of hydrogen-bond donors (Lipinski definition) is 0. The summed E-state index contributed by atoms with van der Waals surface area (Å²) >= 11 is 6.77. The molecular weight excluding hydrogens is 518 g/mol. The number of pyridine rings is 1. The van der Waals surface area contributed by atoms with E-state index in [-0.39, 0.29) is 17.5 Å². The van der Waals surface area contributed by atoms with Crippen molar-refractivity contribution in [1.29, 1.82) is 0 Å². The van der Waals surface area contributed by atoms with Gasteiger partial charge in [0.2, 0.25) is 0 Å². The van der Waals surface area contributed by atoms with Crippen LogP contribution in [0.1, 0.15) is 31.4 Å². The zero-order chi connectivity index (χ0) is 27.0. The van der Waals surface area contributed by atoms with Gasteiger partial charge in [-0.05, 0) is 62.2 Å². The molecule has 4 heterocycles. The number of aromatic nitrogens is 2. The molecule has 0 N–H and O–H groups in total. The molecule has 3 aromatic rings. The molecule has 198 valence electrons. The van der Waals surface area contributed by atoms with Crippen LogP contribution >= 0.6 is 24.0 Å². The molecule has 10 heteroatoms. The highest BCUT2D eigenvalue weighted by Crippen LogP contribution is 2.35. The SMILES string of the molecule is CC[C@@H](C)N1C(=O)/C(=C\c2c(N3CCN(c4ccc(OC)cc4)CC3)nc3c(C)cccn3c2=O)SC1=S. The first kappa shape index (κ1) is 26.2. The molecule has 2 saturated heterocycles. The van der Waals surface area contributed by atoms with Crippen molar-refractivity contribution < 1.29 is 9.53 Å². The monoisotopic (exact) mass is 549 g/mol. The number of benzene rings is 1. The average molecular weight is 550 g/mol. The lowest BCUT2D eigenvalue weighted by Gasteiger charge is -2.37. The second kappa shape index (κ2) is 10.8.